The lowest BCUT2D eigenvalue weighted by Gasteiger charge is -2.11. The fraction of sp³-hybridized carbons (Fsp3) is 0.176. The molecule has 126 valence electrons. The van der Waals surface area contributed by atoms with Crippen molar-refractivity contribution < 1.29 is 23.5 Å². The second kappa shape index (κ2) is 8.42. The van der Waals surface area contributed by atoms with Crippen LogP contribution in [0.3, 0.4) is 0 Å². The number of ether oxygens (including phenoxy) is 2. The molecular weight excluding hydrogens is 312 g/mol. The van der Waals surface area contributed by atoms with E-state index < -0.39 is 11.8 Å². The first-order chi connectivity index (χ1) is 11.6. The highest BCUT2D eigenvalue weighted by Crippen LogP contribution is 2.27. The Morgan fingerprint density at radius 1 is 1.21 bits per heavy atom. The van der Waals surface area contributed by atoms with Crippen LogP contribution in [-0.2, 0) is 4.79 Å². The van der Waals surface area contributed by atoms with Gasteiger partial charge < -0.3 is 13.9 Å². The lowest BCUT2D eigenvalue weighted by atomic mass is 10.2. The largest absolute Gasteiger partial charge is 0.493 e. The number of methoxy groups -OCH3 is 1. The van der Waals surface area contributed by atoms with Gasteiger partial charge in [-0.3, -0.25) is 20.4 Å². The van der Waals surface area contributed by atoms with Crippen LogP contribution < -0.4 is 20.3 Å². The highest BCUT2D eigenvalue weighted by Gasteiger charge is 2.11. The maximum Gasteiger partial charge on any atom is 0.269 e. The Morgan fingerprint density at radius 2 is 2.04 bits per heavy atom. The topological polar surface area (TPSA) is 89.8 Å². The molecule has 0 aliphatic rings. The number of amides is 2. The van der Waals surface area contributed by atoms with Crippen LogP contribution in [0, 0.1) is 0 Å². The van der Waals surface area contributed by atoms with Gasteiger partial charge in [0.05, 0.1) is 20.0 Å². The van der Waals surface area contributed by atoms with Gasteiger partial charge in [0.1, 0.15) is 5.76 Å². The number of hydrogen-bond acceptors (Lipinski definition) is 5. The van der Waals surface area contributed by atoms with Crippen molar-refractivity contribution in [3.63, 3.8) is 0 Å². The van der Waals surface area contributed by atoms with E-state index in [1.54, 1.807) is 24.3 Å². The third-order valence-electron chi connectivity index (χ3n) is 2.97. The molecule has 2 aromatic rings. The van der Waals surface area contributed by atoms with Crippen LogP contribution in [0.15, 0.2) is 47.1 Å². The average molecular weight is 330 g/mol. The van der Waals surface area contributed by atoms with Crippen molar-refractivity contribution in [2.24, 2.45) is 0 Å². The molecule has 0 bridgehead atoms. The monoisotopic (exact) mass is 330 g/mol. The quantitative estimate of drug-likeness (QED) is 0.626. The van der Waals surface area contributed by atoms with Gasteiger partial charge >= 0.3 is 0 Å². The fourth-order valence-corrected chi connectivity index (χ4v) is 1.86. The Labute approximate surface area is 139 Å². The van der Waals surface area contributed by atoms with E-state index in [2.05, 4.69) is 10.9 Å². The van der Waals surface area contributed by atoms with Crippen molar-refractivity contribution in [3.05, 3.63) is 54.0 Å². The minimum atomic E-state index is -0.488. The van der Waals surface area contributed by atoms with E-state index in [0.717, 1.165) is 0 Å². The minimum absolute atomic E-state index is 0.325. The van der Waals surface area contributed by atoms with Gasteiger partial charge in [-0.15, -0.1) is 0 Å². The number of hydrazine groups is 1. The molecule has 7 nitrogen and oxygen atoms in total. The van der Waals surface area contributed by atoms with Crippen molar-refractivity contribution in [2.45, 2.75) is 6.92 Å². The summed E-state index contributed by atoms with van der Waals surface area (Å²) in [5.74, 6) is 0.553. The SMILES string of the molecule is CCOc1ccc(C(=O)NNC(=O)/C=C/c2ccco2)cc1OC. The normalized spacial score (nSPS) is 10.4. The summed E-state index contributed by atoms with van der Waals surface area (Å²) in [5, 5.41) is 0. The predicted octanol–water partition coefficient (Wildman–Crippen LogP) is 2.16. The number of carbonyl (C=O) groups is 2. The summed E-state index contributed by atoms with van der Waals surface area (Å²) in [5.41, 5.74) is 4.92. The summed E-state index contributed by atoms with van der Waals surface area (Å²) < 4.78 is 15.6. The molecule has 0 aliphatic heterocycles. The Morgan fingerprint density at radius 3 is 2.71 bits per heavy atom. The van der Waals surface area contributed by atoms with Gasteiger partial charge in [-0.05, 0) is 43.3 Å². The van der Waals surface area contributed by atoms with E-state index in [1.807, 2.05) is 6.92 Å². The van der Waals surface area contributed by atoms with Crippen LogP contribution in [0.1, 0.15) is 23.0 Å². The van der Waals surface area contributed by atoms with E-state index in [4.69, 9.17) is 13.9 Å². The van der Waals surface area contributed by atoms with Crippen molar-refractivity contribution in [3.8, 4) is 11.5 Å². The highest BCUT2D eigenvalue weighted by atomic mass is 16.5. The summed E-state index contributed by atoms with van der Waals surface area (Å²) in [6.45, 7) is 2.34. The molecule has 0 radical (unpaired) electrons. The molecule has 7 heteroatoms. The molecule has 1 aromatic carbocycles. The fourth-order valence-electron chi connectivity index (χ4n) is 1.86. The molecule has 24 heavy (non-hydrogen) atoms. The lowest BCUT2D eigenvalue weighted by molar-refractivity contribution is -0.117. The third kappa shape index (κ3) is 4.64. The molecule has 0 unspecified atom stereocenters. The standard InChI is InChI=1S/C17H18N2O5/c1-3-23-14-8-6-12(11-15(14)22-2)17(21)19-18-16(20)9-7-13-5-4-10-24-13/h4-11H,3H2,1-2H3,(H,18,20)(H,19,21)/b9-7+. The predicted molar refractivity (Wildman–Crippen MR) is 87.5 cm³/mol. The van der Waals surface area contributed by atoms with Crippen molar-refractivity contribution in [1.82, 2.24) is 10.9 Å². The number of benzene rings is 1. The van der Waals surface area contributed by atoms with E-state index in [-0.39, 0.29) is 0 Å². The molecule has 2 rings (SSSR count). The summed E-state index contributed by atoms with van der Waals surface area (Å²) in [6, 6.07) is 8.15. The highest BCUT2D eigenvalue weighted by molar-refractivity contribution is 5.98. The van der Waals surface area contributed by atoms with Crippen LogP contribution >= 0.6 is 0 Å². The Bertz CT molecular complexity index is 723. The zero-order valence-electron chi connectivity index (χ0n) is 13.4. The second-order valence-corrected chi connectivity index (χ2v) is 4.59. The summed E-state index contributed by atoms with van der Waals surface area (Å²) in [7, 11) is 1.49. The van der Waals surface area contributed by atoms with Crippen molar-refractivity contribution in [2.75, 3.05) is 13.7 Å². The van der Waals surface area contributed by atoms with E-state index >= 15 is 0 Å². The zero-order chi connectivity index (χ0) is 17.4. The molecule has 1 heterocycles. The van der Waals surface area contributed by atoms with Crippen molar-refractivity contribution in [1.29, 1.82) is 0 Å². The van der Waals surface area contributed by atoms with Gasteiger partial charge in [0.15, 0.2) is 11.5 Å². The van der Waals surface area contributed by atoms with Crippen LogP contribution in [0.25, 0.3) is 6.08 Å². The minimum Gasteiger partial charge on any atom is -0.493 e. The number of hydrogen-bond donors (Lipinski definition) is 2. The van der Waals surface area contributed by atoms with Gasteiger partial charge in [0, 0.05) is 11.6 Å². The maximum absolute atomic E-state index is 12.1. The molecule has 0 spiro atoms. The molecule has 2 amide bonds. The van der Waals surface area contributed by atoms with Gasteiger partial charge in [-0.25, -0.2) is 0 Å². The van der Waals surface area contributed by atoms with Crippen LogP contribution in [0.4, 0.5) is 0 Å². The molecule has 0 atom stereocenters. The average Bonchev–Trinajstić information content (AvgIpc) is 3.12. The Hall–Kier alpha value is -3.22. The summed E-state index contributed by atoms with van der Waals surface area (Å²) in [4.78, 5) is 23.7. The number of nitrogens with one attached hydrogen (secondary N) is 2. The van der Waals surface area contributed by atoms with Gasteiger partial charge in [0.2, 0.25) is 0 Å². The number of rotatable bonds is 6. The molecule has 0 saturated carbocycles. The first-order valence-corrected chi connectivity index (χ1v) is 7.26. The number of furan rings is 1. The van der Waals surface area contributed by atoms with Crippen LogP contribution in [0.5, 0.6) is 11.5 Å². The molecule has 0 aliphatic carbocycles. The van der Waals surface area contributed by atoms with E-state index in [1.165, 1.54) is 31.6 Å². The van der Waals surface area contributed by atoms with Crippen LogP contribution in [-0.4, -0.2) is 25.5 Å². The summed E-state index contributed by atoms with van der Waals surface area (Å²) in [6.07, 6.45) is 4.23. The second-order valence-electron chi connectivity index (χ2n) is 4.59. The van der Waals surface area contributed by atoms with Gasteiger partial charge in [0.25, 0.3) is 11.8 Å². The van der Waals surface area contributed by atoms with E-state index in [9.17, 15) is 9.59 Å². The smallest absolute Gasteiger partial charge is 0.269 e. The molecule has 1 aromatic heterocycles. The van der Waals surface area contributed by atoms with E-state index in [0.29, 0.717) is 29.4 Å². The first-order valence-electron chi connectivity index (χ1n) is 7.26. The lowest BCUT2D eigenvalue weighted by Crippen LogP contribution is -2.40. The van der Waals surface area contributed by atoms with Crippen LogP contribution in [0.2, 0.25) is 0 Å². The van der Waals surface area contributed by atoms with Crippen molar-refractivity contribution >= 4 is 17.9 Å². The molecule has 2 N–H and O–H groups in total. The first kappa shape index (κ1) is 17.1. The van der Waals surface area contributed by atoms with Gasteiger partial charge in [-0.2, -0.15) is 0 Å². The molecule has 0 fully saturated rings. The zero-order valence-corrected chi connectivity index (χ0v) is 13.4. The molecule has 0 saturated heterocycles. The molecular formula is C17H18N2O5. The third-order valence-corrected chi connectivity index (χ3v) is 2.97. The summed E-state index contributed by atoms with van der Waals surface area (Å²) >= 11 is 0. The maximum atomic E-state index is 12.1. The Kier molecular flexibility index (Phi) is 6.01. The van der Waals surface area contributed by atoms with Gasteiger partial charge in [-0.1, -0.05) is 0 Å². The number of carbonyl (C=O) groups excluding carboxylic acids is 2. The Balaban J connectivity index is 1.93.